The summed E-state index contributed by atoms with van der Waals surface area (Å²) < 4.78 is 11.2. The molecule has 4 nitrogen and oxygen atoms in total. The molecule has 0 spiro atoms. The zero-order valence-electron chi connectivity index (χ0n) is 11.0. The summed E-state index contributed by atoms with van der Waals surface area (Å²) in [4.78, 5) is 4.14. The highest BCUT2D eigenvalue weighted by Gasteiger charge is 2.08. The predicted octanol–water partition coefficient (Wildman–Crippen LogP) is 3.62. The van der Waals surface area contributed by atoms with Crippen molar-refractivity contribution in [2.45, 2.75) is 0 Å². The van der Waals surface area contributed by atoms with Crippen LogP contribution in [0.15, 0.2) is 54.7 Å². The topological polar surface area (TPSA) is 57.4 Å². The van der Waals surface area contributed by atoms with Crippen LogP contribution in [-0.4, -0.2) is 12.1 Å². The fourth-order valence-corrected chi connectivity index (χ4v) is 2.08. The Morgan fingerprint density at radius 3 is 2.25 bits per heavy atom. The van der Waals surface area contributed by atoms with Crippen molar-refractivity contribution in [2.24, 2.45) is 0 Å². The van der Waals surface area contributed by atoms with E-state index in [1.54, 1.807) is 25.4 Å². The molecule has 0 aliphatic carbocycles. The summed E-state index contributed by atoms with van der Waals surface area (Å²) in [7, 11) is 1.66. The molecule has 2 aromatic carbocycles. The fraction of sp³-hybridized carbons (Fsp3) is 0.0625. The second-order valence-corrected chi connectivity index (χ2v) is 4.34. The predicted molar refractivity (Wildman–Crippen MR) is 79.2 cm³/mol. The molecule has 1 heterocycles. The van der Waals surface area contributed by atoms with E-state index in [-0.39, 0.29) is 0 Å². The zero-order valence-corrected chi connectivity index (χ0v) is 11.0. The van der Waals surface area contributed by atoms with Crippen LogP contribution in [-0.2, 0) is 0 Å². The average molecular weight is 266 g/mol. The van der Waals surface area contributed by atoms with Crippen LogP contribution in [0.4, 0.5) is 5.69 Å². The van der Waals surface area contributed by atoms with Gasteiger partial charge in [0, 0.05) is 16.8 Å². The molecule has 3 rings (SSSR count). The Morgan fingerprint density at radius 1 is 0.900 bits per heavy atom. The van der Waals surface area contributed by atoms with Crippen molar-refractivity contribution < 1.29 is 9.47 Å². The maximum Gasteiger partial charge on any atom is 0.219 e. The number of ether oxygens (including phenoxy) is 2. The highest BCUT2D eigenvalue weighted by Crippen LogP contribution is 2.34. The average Bonchev–Trinajstić information content (AvgIpc) is 2.50. The normalized spacial score (nSPS) is 10.4. The molecular weight excluding hydrogens is 252 g/mol. The first-order valence-corrected chi connectivity index (χ1v) is 6.23. The van der Waals surface area contributed by atoms with Crippen molar-refractivity contribution in [3.8, 4) is 17.4 Å². The molecule has 0 aliphatic rings. The quantitative estimate of drug-likeness (QED) is 0.786. The second kappa shape index (κ2) is 5.09. The number of nitrogens with two attached hydrogens (primary N) is 1. The van der Waals surface area contributed by atoms with Crippen LogP contribution in [0.25, 0.3) is 10.8 Å². The number of fused-ring (bicyclic) bond motifs is 1. The molecule has 4 heteroatoms. The van der Waals surface area contributed by atoms with Gasteiger partial charge < -0.3 is 15.2 Å². The lowest BCUT2D eigenvalue weighted by molar-refractivity contribution is 0.418. The van der Waals surface area contributed by atoms with Crippen LogP contribution in [0.3, 0.4) is 0 Å². The number of pyridine rings is 1. The molecule has 100 valence electrons. The van der Waals surface area contributed by atoms with E-state index in [4.69, 9.17) is 15.2 Å². The number of anilines is 1. The molecule has 2 N–H and O–H groups in total. The molecule has 0 atom stereocenters. The maximum absolute atomic E-state index is 5.82. The summed E-state index contributed by atoms with van der Waals surface area (Å²) in [6.07, 6.45) is 1.57. The summed E-state index contributed by atoms with van der Waals surface area (Å²) in [6, 6.07) is 15.2. The summed E-state index contributed by atoms with van der Waals surface area (Å²) in [6.45, 7) is 0. The first-order valence-electron chi connectivity index (χ1n) is 6.23. The lowest BCUT2D eigenvalue weighted by atomic mass is 10.1. The van der Waals surface area contributed by atoms with E-state index in [1.165, 1.54) is 0 Å². The smallest absolute Gasteiger partial charge is 0.219 e. The van der Waals surface area contributed by atoms with Crippen LogP contribution >= 0.6 is 0 Å². The molecule has 0 unspecified atom stereocenters. The molecule has 0 aliphatic heterocycles. The number of hydrogen-bond acceptors (Lipinski definition) is 4. The van der Waals surface area contributed by atoms with Gasteiger partial charge in [-0.1, -0.05) is 24.3 Å². The van der Waals surface area contributed by atoms with Gasteiger partial charge in [-0.05, 0) is 18.2 Å². The Kier molecular flexibility index (Phi) is 3.13. The minimum absolute atomic E-state index is 0.509. The first-order chi connectivity index (χ1) is 9.78. The molecule has 3 aromatic rings. The lowest BCUT2D eigenvalue weighted by Gasteiger charge is -2.11. The number of methoxy groups -OCH3 is 1. The Labute approximate surface area is 116 Å². The molecule has 0 saturated carbocycles. The van der Waals surface area contributed by atoms with E-state index in [2.05, 4.69) is 4.98 Å². The largest absolute Gasteiger partial charge is 0.496 e. The van der Waals surface area contributed by atoms with Crippen LogP contribution in [0, 0.1) is 0 Å². The third-order valence-electron chi connectivity index (χ3n) is 3.04. The Balaban J connectivity index is 2.06. The van der Waals surface area contributed by atoms with E-state index in [9.17, 15) is 0 Å². The van der Waals surface area contributed by atoms with Gasteiger partial charge in [-0.25, -0.2) is 4.98 Å². The minimum atomic E-state index is 0.509. The van der Waals surface area contributed by atoms with E-state index in [0.29, 0.717) is 11.6 Å². The summed E-state index contributed by atoms with van der Waals surface area (Å²) in [5, 5.41) is 1.98. The molecular formula is C16H14N2O2. The van der Waals surface area contributed by atoms with Crippen molar-refractivity contribution in [2.75, 3.05) is 12.8 Å². The molecule has 0 bridgehead atoms. The van der Waals surface area contributed by atoms with Gasteiger partial charge in [0.2, 0.25) is 5.88 Å². The lowest BCUT2D eigenvalue weighted by Crippen LogP contribution is -1.92. The minimum Gasteiger partial charge on any atom is -0.496 e. The van der Waals surface area contributed by atoms with Crippen molar-refractivity contribution in [1.29, 1.82) is 0 Å². The van der Waals surface area contributed by atoms with Gasteiger partial charge in [0.1, 0.15) is 11.5 Å². The van der Waals surface area contributed by atoms with Gasteiger partial charge in [0.05, 0.1) is 19.0 Å². The van der Waals surface area contributed by atoms with Gasteiger partial charge >= 0.3 is 0 Å². The van der Waals surface area contributed by atoms with Gasteiger partial charge in [0.25, 0.3) is 0 Å². The molecule has 0 radical (unpaired) electrons. The molecule has 20 heavy (non-hydrogen) atoms. The maximum atomic E-state index is 5.82. The van der Waals surface area contributed by atoms with Gasteiger partial charge in [-0.2, -0.15) is 0 Å². The van der Waals surface area contributed by atoms with Crippen molar-refractivity contribution in [3.63, 3.8) is 0 Å². The molecule has 0 amide bonds. The zero-order chi connectivity index (χ0) is 13.9. The summed E-state index contributed by atoms with van der Waals surface area (Å²) in [5.41, 5.74) is 6.22. The Hall–Kier alpha value is -2.75. The first kappa shape index (κ1) is 12.3. The number of nitrogen functional groups attached to an aromatic ring is 1. The highest BCUT2D eigenvalue weighted by molar-refractivity contribution is 5.93. The Bertz CT molecular complexity index is 739. The third kappa shape index (κ3) is 2.23. The molecule has 0 fully saturated rings. The highest BCUT2D eigenvalue weighted by atomic mass is 16.5. The fourth-order valence-electron chi connectivity index (χ4n) is 2.08. The van der Waals surface area contributed by atoms with Gasteiger partial charge in [-0.15, -0.1) is 0 Å². The van der Waals surface area contributed by atoms with Crippen molar-refractivity contribution in [1.82, 2.24) is 4.98 Å². The number of aromatic nitrogens is 1. The summed E-state index contributed by atoms with van der Waals surface area (Å²) >= 11 is 0. The van der Waals surface area contributed by atoms with Gasteiger partial charge in [0.15, 0.2) is 0 Å². The number of rotatable bonds is 3. The SMILES string of the molecule is COc1ccc(Oc2ccc(N)cn2)c2ccccc12. The van der Waals surface area contributed by atoms with Crippen molar-refractivity contribution >= 4 is 16.5 Å². The standard InChI is InChI=1S/C16H14N2O2/c1-19-14-7-8-15(13-5-3-2-4-12(13)14)20-16-9-6-11(17)10-18-16/h2-10H,17H2,1H3. The van der Waals surface area contributed by atoms with Crippen LogP contribution in [0.1, 0.15) is 0 Å². The Morgan fingerprint density at radius 2 is 1.60 bits per heavy atom. The van der Waals surface area contributed by atoms with E-state index in [1.807, 2.05) is 36.4 Å². The number of nitrogens with zero attached hydrogens (tertiary/aromatic N) is 1. The molecule has 1 aromatic heterocycles. The number of hydrogen-bond donors (Lipinski definition) is 1. The molecule has 0 saturated heterocycles. The number of benzene rings is 2. The van der Waals surface area contributed by atoms with Crippen LogP contribution in [0.2, 0.25) is 0 Å². The monoisotopic (exact) mass is 266 g/mol. The third-order valence-corrected chi connectivity index (χ3v) is 3.04. The van der Waals surface area contributed by atoms with E-state index in [0.717, 1.165) is 22.3 Å². The van der Waals surface area contributed by atoms with Crippen LogP contribution in [0.5, 0.6) is 17.4 Å². The van der Waals surface area contributed by atoms with E-state index < -0.39 is 0 Å². The van der Waals surface area contributed by atoms with Crippen LogP contribution < -0.4 is 15.2 Å². The second-order valence-electron chi connectivity index (χ2n) is 4.34. The summed E-state index contributed by atoms with van der Waals surface area (Å²) in [5.74, 6) is 2.06. The van der Waals surface area contributed by atoms with E-state index >= 15 is 0 Å². The van der Waals surface area contributed by atoms with Crippen molar-refractivity contribution in [3.05, 3.63) is 54.7 Å². The van der Waals surface area contributed by atoms with Gasteiger partial charge in [-0.3, -0.25) is 0 Å².